The van der Waals surface area contributed by atoms with Crippen molar-refractivity contribution in [3.05, 3.63) is 0 Å². The SMILES string of the molecule is CCC(N)[I-]C(C)CSC. The molecular formula is C7H17INS-. The number of halogens is 1. The first-order valence-corrected chi connectivity index (χ1v) is 7.45. The number of rotatable bonds is 5. The van der Waals surface area contributed by atoms with Crippen LogP contribution in [0.3, 0.4) is 0 Å². The van der Waals surface area contributed by atoms with Gasteiger partial charge >= 0.3 is 79.0 Å². The number of hydrogen-bond acceptors (Lipinski definition) is 2. The summed E-state index contributed by atoms with van der Waals surface area (Å²) in [6.45, 7) is 4.50. The zero-order valence-electron chi connectivity index (χ0n) is 6.93. The van der Waals surface area contributed by atoms with Crippen molar-refractivity contribution < 1.29 is 21.2 Å². The van der Waals surface area contributed by atoms with Crippen LogP contribution in [0.5, 0.6) is 0 Å². The van der Waals surface area contributed by atoms with Crippen molar-refractivity contribution in [1.29, 1.82) is 0 Å². The fourth-order valence-electron chi connectivity index (χ4n) is 0.631. The van der Waals surface area contributed by atoms with Crippen molar-refractivity contribution in [1.82, 2.24) is 0 Å². The topological polar surface area (TPSA) is 26.0 Å². The molecule has 0 saturated heterocycles. The van der Waals surface area contributed by atoms with E-state index < -0.39 is 0 Å². The maximum atomic E-state index is 5.84. The van der Waals surface area contributed by atoms with Crippen LogP contribution in [-0.2, 0) is 0 Å². The summed E-state index contributed by atoms with van der Waals surface area (Å²) in [6, 6.07) is 0. The molecule has 0 saturated carbocycles. The summed E-state index contributed by atoms with van der Waals surface area (Å²) < 4.78 is 1.42. The zero-order chi connectivity index (χ0) is 7.98. The quantitative estimate of drug-likeness (QED) is 0.376. The van der Waals surface area contributed by atoms with Gasteiger partial charge in [0.1, 0.15) is 0 Å². The predicted molar refractivity (Wildman–Crippen MR) is 46.1 cm³/mol. The van der Waals surface area contributed by atoms with Crippen molar-refractivity contribution in [3.63, 3.8) is 0 Å². The van der Waals surface area contributed by atoms with Gasteiger partial charge in [0.25, 0.3) is 0 Å². The second kappa shape index (κ2) is 6.73. The fourth-order valence-corrected chi connectivity index (χ4v) is 4.95. The third-order valence-electron chi connectivity index (χ3n) is 1.16. The minimum absolute atomic E-state index is 0.250. The standard InChI is InChI=1S/C7H17INS/c1-4-7(9)8-6(2)5-10-3/h6-7H,4-5,9H2,1-3H3/q-1. The van der Waals surface area contributed by atoms with Crippen molar-refractivity contribution in [2.24, 2.45) is 5.73 Å². The Balaban J connectivity index is 3.27. The first-order valence-electron chi connectivity index (χ1n) is 3.57. The average molecular weight is 274 g/mol. The molecule has 0 aromatic rings. The molecule has 0 aliphatic heterocycles. The number of hydrogen-bond donors (Lipinski definition) is 1. The minimum atomic E-state index is 0.250. The molecule has 0 aromatic heterocycles. The molecule has 2 atom stereocenters. The Hall–Kier alpha value is 1.04. The predicted octanol–water partition coefficient (Wildman–Crippen LogP) is -1.48. The number of alkyl halides is 2. The van der Waals surface area contributed by atoms with Gasteiger partial charge in [-0.3, -0.25) is 0 Å². The molecule has 3 heteroatoms. The van der Waals surface area contributed by atoms with E-state index in [-0.39, 0.29) is 21.2 Å². The monoisotopic (exact) mass is 274 g/mol. The third-order valence-corrected chi connectivity index (χ3v) is 6.07. The molecule has 2 unspecified atom stereocenters. The van der Waals surface area contributed by atoms with Crippen LogP contribution in [0.25, 0.3) is 0 Å². The van der Waals surface area contributed by atoms with Crippen molar-refractivity contribution in [2.75, 3.05) is 12.0 Å². The number of nitrogens with two attached hydrogens (primary N) is 1. The van der Waals surface area contributed by atoms with Gasteiger partial charge in [-0.2, -0.15) is 0 Å². The Kier molecular flexibility index (Phi) is 7.43. The van der Waals surface area contributed by atoms with Crippen LogP contribution in [0.15, 0.2) is 0 Å². The molecule has 0 aromatic carbocycles. The van der Waals surface area contributed by atoms with Crippen molar-refractivity contribution in [3.8, 4) is 0 Å². The normalized spacial score (nSPS) is 17.2. The van der Waals surface area contributed by atoms with Crippen LogP contribution >= 0.6 is 11.8 Å². The molecule has 0 fully saturated rings. The van der Waals surface area contributed by atoms with Crippen LogP contribution in [-0.4, -0.2) is 20.0 Å². The summed E-state index contributed by atoms with van der Waals surface area (Å²) in [5, 5.41) is 0. The summed E-state index contributed by atoms with van der Waals surface area (Å²) in [4.78, 5) is 0. The molecule has 2 N–H and O–H groups in total. The van der Waals surface area contributed by atoms with Crippen molar-refractivity contribution >= 4 is 11.8 Å². The van der Waals surface area contributed by atoms with Crippen LogP contribution in [0.1, 0.15) is 20.3 Å². The Morgan fingerprint density at radius 1 is 1.60 bits per heavy atom. The van der Waals surface area contributed by atoms with E-state index in [1.54, 1.807) is 0 Å². The number of thioether (sulfide) groups is 1. The van der Waals surface area contributed by atoms with Gasteiger partial charge < -0.3 is 0 Å². The van der Waals surface area contributed by atoms with Crippen LogP contribution < -0.4 is 26.9 Å². The third kappa shape index (κ3) is 5.80. The van der Waals surface area contributed by atoms with Gasteiger partial charge in [-0.05, 0) is 0 Å². The Bertz CT molecular complexity index is 80.0. The molecule has 1 nitrogen and oxygen atoms in total. The van der Waals surface area contributed by atoms with Gasteiger partial charge in [0.15, 0.2) is 0 Å². The fraction of sp³-hybridized carbons (Fsp3) is 1.00. The van der Waals surface area contributed by atoms with Gasteiger partial charge in [-0.1, -0.05) is 0 Å². The van der Waals surface area contributed by atoms with E-state index in [9.17, 15) is 0 Å². The summed E-state index contributed by atoms with van der Waals surface area (Å²) in [5.41, 5.74) is 5.84. The summed E-state index contributed by atoms with van der Waals surface area (Å²) in [7, 11) is 0. The van der Waals surface area contributed by atoms with Crippen LogP contribution in [0.4, 0.5) is 0 Å². The van der Waals surface area contributed by atoms with Gasteiger partial charge in [0.05, 0.1) is 0 Å². The van der Waals surface area contributed by atoms with Gasteiger partial charge in [0.2, 0.25) is 0 Å². The summed E-state index contributed by atoms with van der Waals surface area (Å²) in [6.07, 6.45) is 3.32. The van der Waals surface area contributed by atoms with E-state index in [1.807, 2.05) is 11.8 Å². The molecule has 0 aliphatic rings. The summed E-state index contributed by atoms with van der Waals surface area (Å²) in [5.74, 6) is 1.29. The van der Waals surface area contributed by atoms with E-state index in [0.29, 0.717) is 4.05 Å². The van der Waals surface area contributed by atoms with Gasteiger partial charge in [0, 0.05) is 0 Å². The maximum absolute atomic E-state index is 5.84. The van der Waals surface area contributed by atoms with Crippen LogP contribution in [0, 0.1) is 0 Å². The second-order valence-electron chi connectivity index (χ2n) is 2.29. The van der Waals surface area contributed by atoms with E-state index in [2.05, 4.69) is 20.1 Å². The van der Waals surface area contributed by atoms with Gasteiger partial charge in [-0.15, -0.1) is 0 Å². The summed E-state index contributed by atoms with van der Waals surface area (Å²) >= 11 is 2.18. The molecule has 0 radical (unpaired) electrons. The molecule has 0 rings (SSSR count). The Labute approximate surface area is 78.8 Å². The molecule has 0 heterocycles. The Morgan fingerprint density at radius 3 is 2.60 bits per heavy atom. The Morgan fingerprint density at radius 2 is 2.20 bits per heavy atom. The van der Waals surface area contributed by atoms with Gasteiger partial charge in [-0.25, -0.2) is 0 Å². The average Bonchev–Trinajstić information content (AvgIpc) is 1.88. The molecular weight excluding hydrogens is 257 g/mol. The van der Waals surface area contributed by atoms with E-state index in [1.165, 1.54) is 5.75 Å². The first kappa shape index (κ1) is 11.0. The molecule has 0 aliphatic carbocycles. The molecule has 0 spiro atoms. The zero-order valence-corrected chi connectivity index (χ0v) is 9.91. The van der Waals surface area contributed by atoms with E-state index in [0.717, 1.165) is 10.3 Å². The first-order chi connectivity index (χ1) is 4.70. The molecule has 0 amide bonds. The second-order valence-corrected chi connectivity index (χ2v) is 7.64. The molecule has 0 bridgehead atoms. The van der Waals surface area contributed by atoms with E-state index >= 15 is 0 Å². The van der Waals surface area contributed by atoms with Crippen LogP contribution in [0.2, 0.25) is 0 Å². The van der Waals surface area contributed by atoms with Crippen molar-refractivity contribution in [2.45, 2.75) is 28.2 Å². The van der Waals surface area contributed by atoms with E-state index in [4.69, 9.17) is 5.73 Å². The molecule has 10 heavy (non-hydrogen) atoms. The molecule has 64 valence electrons.